The fourth-order valence-corrected chi connectivity index (χ4v) is 2.65. The number of nitrogens with one attached hydrogen (secondary N) is 1. The third-order valence-corrected chi connectivity index (χ3v) is 4.22. The standard InChI is InChI=1S/C23H23NO9/c1-29-19-9-14(6-8-21(26)30-2)5-7-18(19)33-13-20(25)24-17-11-15(22(27)31-3)10-16(12-17)23(28)32-4/h5-12H,13H2,1-4H3,(H,24,25)/b8-6+. The SMILES string of the molecule is COC(=O)/C=C/c1ccc(OCC(=O)Nc2cc(C(=O)OC)cc(C(=O)OC)c2)c(OC)c1. The molecule has 0 radical (unpaired) electrons. The Morgan fingerprint density at radius 2 is 1.45 bits per heavy atom. The van der Waals surface area contributed by atoms with Gasteiger partial charge in [-0.05, 0) is 42.0 Å². The van der Waals surface area contributed by atoms with Gasteiger partial charge in [0.05, 0.1) is 39.6 Å². The van der Waals surface area contributed by atoms with Crippen LogP contribution < -0.4 is 14.8 Å². The molecule has 0 atom stereocenters. The number of rotatable bonds is 9. The molecule has 0 saturated carbocycles. The molecule has 0 bridgehead atoms. The normalized spacial score (nSPS) is 10.3. The molecule has 10 heteroatoms. The van der Waals surface area contributed by atoms with E-state index in [0.717, 1.165) is 0 Å². The van der Waals surface area contributed by atoms with E-state index in [-0.39, 0.29) is 23.4 Å². The molecule has 10 nitrogen and oxygen atoms in total. The zero-order valence-electron chi connectivity index (χ0n) is 18.5. The lowest BCUT2D eigenvalue weighted by atomic mass is 10.1. The Hall–Kier alpha value is -4.34. The molecule has 0 aliphatic carbocycles. The van der Waals surface area contributed by atoms with Crippen molar-refractivity contribution in [2.24, 2.45) is 0 Å². The molecule has 2 rings (SSSR count). The number of carbonyl (C=O) groups excluding carboxylic acids is 4. The molecule has 1 N–H and O–H groups in total. The molecule has 2 aromatic carbocycles. The molecule has 0 heterocycles. The number of esters is 3. The zero-order valence-corrected chi connectivity index (χ0v) is 18.5. The second-order valence-electron chi connectivity index (χ2n) is 6.39. The molecule has 0 aromatic heterocycles. The highest BCUT2D eigenvalue weighted by atomic mass is 16.5. The Balaban J connectivity index is 2.12. The highest BCUT2D eigenvalue weighted by molar-refractivity contribution is 5.99. The van der Waals surface area contributed by atoms with Gasteiger partial charge in [0.25, 0.3) is 5.91 Å². The van der Waals surface area contributed by atoms with E-state index in [2.05, 4.69) is 19.5 Å². The molecule has 2 aromatic rings. The van der Waals surface area contributed by atoms with Gasteiger partial charge < -0.3 is 29.0 Å². The van der Waals surface area contributed by atoms with Crippen LogP contribution in [0, 0.1) is 0 Å². The number of hydrogen-bond acceptors (Lipinski definition) is 9. The van der Waals surface area contributed by atoms with Crippen molar-refractivity contribution in [3.63, 3.8) is 0 Å². The minimum absolute atomic E-state index is 0.0638. The van der Waals surface area contributed by atoms with Gasteiger partial charge in [-0.1, -0.05) is 6.07 Å². The van der Waals surface area contributed by atoms with Crippen molar-refractivity contribution in [3.8, 4) is 11.5 Å². The molecular weight excluding hydrogens is 434 g/mol. The third-order valence-electron chi connectivity index (χ3n) is 4.22. The van der Waals surface area contributed by atoms with Crippen LogP contribution in [-0.2, 0) is 23.8 Å². The number of anilines is 1. The number of ether oxygens (including phenoxy) is 5. The number of hydrogen-bond donors (Lipinski definition) is 1. The Morgan fingerprint density at radius 1 is 0.818 bits per heavy atom. The summed E-state index contributed by atoms with van der Waals surface area (Å²) in [7, 11) is 5.10. The third kappa shape index (κ3) is 7.10. The summed E-state index contributed by atoms with van der Waals surface area (Å²) < 4.78 is 24.7. The first-order valence-electron chi connectivity index (χ1n) is 9.49. The Kier molecular flexibility index (Phi) is 8.98. The van der Waals surface area contributed by atoms with Crippen LogP contribution in [0.25, 0.3) is 6.08 Å². The highest BCUT2D eigenvalue weighted by Gasteiger charge is 2.15. The van der Waals surface area contributed by atoms with Gasteiger partial charge >= 0.3 is 17.9 Å². The summed E-state index contributed by atoms with van der Waals surface area (Å²) in [4.78, 5) is 47.4. The van der Waals surface area contributed by atoms with Crippen LogP contribution in [-0.4, -0.2) is 58.9 Å². The lowest BCUT2D eigenvalue weighted by Crippen LogP contribution is -2.21. The molecular formula is C23H23NO9. The summed E-state index contributed by atoms with van der Waals surface area (Å²) in [5, 5.41) is 2.56. The summed E-state index contributed by atoms with van der Waals surface area (Å²) in [6.07, 6.45) is 2.80. The van der Waals surface area contributed by atoms with Crippen molar-refractivity contribution in [1.82, 2.24) is 0 Å². The molecule has 0 fully saturated rings. The van der Waals surface area contributed by atoms with Crippen LogP contribution in [0.3, 0.4) is 0 Å². The predicted molar refractivity (Wildman–Crippen MR) is 117 cm³/mol. The number of carbonyl (C=O) groups is 4. The van der Waals surface area contributed by atoms with Crippen molar-refractivity contribution < 1.29 is 42.9 Å². The lowest BCUT2D eigenvalue weighted by molar-refractivity contribution is -0.134. The fourth-order valence-electron chi connectivity index (χ4n) is 2.65. The van der Waals surface area contributed by atoms with Crippen LogP contribution in [0.15, 0.2) is 42.5 Å². The largest absolute Gasteiger partial charge is 0.493 e. The summed E-state index contributed by atoms with van der Waals surface area (Å²) >= 11 is 0. The molecule has 0 aliphatic heterocycles. The molecule has 1 amide bonds. The fraction of sp³-hybridized carbons (Fsp3) is 0.217. The van der Waals surface area contributed by atoms with Crippen molar-refractivity contribution in [1.29, 1.82) is 0 Å². The van der Waals surface area contributed by atoms with Gasteiger partial charge in [0, 0.05) is 11.8 Å². The van der Waals surface area contributed by atoms with Crippen molar-refractivity contribution >= 4 is 35.6 Å². The van der Waals surface area contributed by atoms with E-state index in [0.29, 0.717) is 17.1 Å². The van der Waals surface area contributed by atoms with E-state index in [1.165, 1.54) is 58.8 Å². The van der Waals surface area contributed by atoms with E-state index >= 15 is 0 Å². The average Bonchev–Trinajstić information content (AvgIpc) is 2.84. The first kappa shape index (κ1) is 24.9. The summed E-state index contributed by atoms with van der Waals surface area (Å²) in [5.41, 5.74) is 0.967. The minimum atomic E-state index is -0.682. The van der Waals surface area contributed by atoms with Crippen molar-refractivity contribution in [2.45, 2.75) is 0 Å². The van der Waals surface area contributed by atoms with Crippen LogP contribution in [0.1, 0.15) is 26.3 Å². The van der Waals surface area contributed by atoms with Gasteiger partial charge in [0.2, 0.25) is 0 Å². The maximum atomic E-state index is 12.4. The lowest BCUT2D eigenvalue weighted by Gasteiger charge is -2.12. The van der Waals surface area contributed by atoms with E-state index in [9.17, 15) is 19.2 Å². The summed E-state index contributed by atoms with van der Waals surface area (Å²) in [6, 6.07) is 8.88. The molecule has 0 unspecified atom stereocenters. The molecule has 0 aliphatic rings. The zero-order chi connectivity index (χ0) is 24.4. The smallest absolute Gasteiger partial charge is 0.337 e. The topological polar surface area (TPSA) is 126 Å². The quantitative estimate of drug-likeness (QED) is 0.343. The number of benzene rings is 2. The van der Waals surface area contributed by atoms with E-state index in [1.807, 2.05) is 0 Å². The van der Waals surface area contributed by atoms with E-state index in [1.54, 1.807) is 18.2 Å². The van der Waals surface area contributed by atoms with Crippen LogP contribution in [0.5, 0.6) is 11.5 Å². The molecule has 0 spiro atoms. The van der Waals surface area contributed by atoms with E-state index in [4.69, 9.17) is 9.47 Å². The van der Waals surface area contributed by atoms with Crippen molar-refractivity contribution in [3.05, 3.63) is 59.2 Å². The van der Waals surface area contributed by atoms with Gasteiger partial charge in [-0.2, -0.15) is 0 Å². The Bertz CT molecular complexity index is 1040. The van der Waals surface area contributed by atoms with Gasteiger partial charge in [0.1, 0.15) is 0 Å². The maximum Gasteiger partial charge on any atom is 0.337 e. The minimum Gasteiger partial charge on any atom is -0.493 e. The van der Waals surface area contributed by atoms with Crippen LogP contribution >= 0.6 is 0 Å². The van der Waals surface area contributed by atoms with Crippen molar-refractivity contribution in [2.75, 3.05) is 40.4 Å². The Morgan fingerprint density at radius 3 is 2.00 bits per heavy atom. The number of methoxy groups -OCH3 is 4. The van der Waals surface area contributed by atoms with Gasteiger partial charge in [-0.25, -0.2) is 14.4 Å². The Labute approximate surface area is 190 Å². The second-order valence-corrected chi connectivity index (χ2v) is 6.39. The molecule has 0 saturated heterocycles. The average molecular weight is 457 g/mol. The summed E-state index contributed by atoms with van der Waals surface area (Å²) in [6.45, 7) is -0.385. The first-order chi connectivity index (χ1) is 15.8. The first-order valence-corrected chi connectivity index (χ1v) is 9.49. The monoisotopic (exact) mass is 457 g/mol. The maximum absolute atomic E-state index is 12.4. The predicted octanol–water partition coefficient (Wildman–Crippen LogP) is 2.47. The van der Waals surface area contributed by atoms with Crippen LogP contribution in [0.4, 0.5) is 5.69 Å². The van der Waals surface area contributed by atoms with Crippen LogP contribution in [0.2, 0.25) is 0 Å². The molecule has 174 valence electrons. The second kappa shape index (κ2) is 11.9. The van der Waals surface area contributed by atoms with Gasteiger partial charge in [-0.3, -0.25) is 4.79 Å². The van der Waals surface area contributed by atoms with E-state index < -0.39 is 23.8 Å². The molecule has 33 heavy (non-hydrogen) atoms. The summed E-state index contributed by atoms with van der Waals surface area (Å²) in [5.74, 6) is -1.78. The van der Waals surface area contributed by atoms with Gasteiger partial charge in [-0.15, -0.1) is 0 Å². The number of amides is 1. The highest BCUT2D eigenvalue weighted by Crippen LogP contribution is 2.28. The van der Waals surface area contributed by atoms with Gasteiger partial charge in [0.15, 0.2) is 18.1 Å².